The van der Waals surface area contributed by atoms with Crippen molar-refractivity contribution >= 4 is 17.9 Å². The Morgan fingerprint density at radius 2 is 0.929 bits per heavy atom. The minimum atomic E-state index is -1.88. The highest BCUT2D eigenvalue weighted by Crippen LogP contribution is 2.46. The van der Waals surface area contributed by atoms with Crippen LogP contribution in [0.15, 0.2) is 36.4 Å². The Bertz CT molecular complexity index is 1490. The summed E-state index contributed by atoms with van der Waals surface area (Å²) in [6.45, 7) is 17.5. The lowest BCUT2D eigenvalue weighted by atomic mass is 9.66. The van der Waals surface area contributed by atoms with Crippen molar-refractivity contribution in [1.29, 1.82) is 0 Å². The quantitative estimate of drug-likeness (QED) is 0.171. The van der Waals surface area contributed by atoms with Crippen molar-refractivity contribution in [2.24, 2.45) is 11.3 Å². The fourth-order valence-corrected chi connectivity index (χ4v) is 5.75. The summed E-state index contributed by atoms with van der Waals surface area (Å²) >= 11 is 0. The molecule has 0 heterocycles. The number of ether oxygens (including phenoxy) is 3. The molecular formula is C36H42O6. The Kier molecular flexibility index (Phi) is 8.95. The first-order chi connectivity index (χ1) is 19.8. The van der Waals surface area contributed by atoms with Crippen molar-refractivity contribution in [3.8, 4) is 17.2 Å². The van der Waals surface area contributed by atoms with Crippen LogP contribution in [0.25, 0.3) is 0 Å². The molecule has 0 N–H and O–H groups in total. The zero-order valence-electron chi connectivity index (χ0n) is 26.3. The predicted octanol–water partition coefficient (Wildman–Crippen LogP) is 7.76. The second-order valence-corrected chi connectivity index (χ2v) is 11.9. The van der Waals surface area contributed by atoms with Crippen molar-refractivity contribution < 1.29 is 28.6 Å². The van der Waals surface area contributed by atoms with Crippen molar-refractivity contribution in [1.82, 2.24) is 0 Å². The number of hydrogen-bond donors (Lipinski definition) is 0. The Morgan fingerprint density at radius 1 is 0.548 bits per heavy atom. The van der Waals surface area contributed by atoms with Crippen LogP contribution in [-0.4, -0.2) is 17.9 Å². The number of benzene rings is 3. The van der Waals surface area contributed by atoms with Crippen LogP contribution < -0.4 is 14.2 Å². The number of aryl methyl sites for hydroxylation is 3. The van der Waals surface area contributed by atoms with E-state index in [1.807, 2.05) is 80.5 Å². The van der Waals surface area contributed by atoms with Crippen molar-refractivity contribution in [2.45, 2.75) is 88.0 Å². The largest absolute Gasteiger partial charge is 0.426 e. The van der Waals surface area contributed by atoms with E-state index >= 15 is 0 Å². The third-order valence-electron chi connectivity index (χ3n) is 9.56. The number of esters is 3. The van der Waals surface area contributed by atoms with Crippen molar-refractivity contribution in [3.05, 3.63) is 86.5 Å². The molecule has 0 spiro atoms. The van der Waals surface area contributed by atoms with Crippen LogP contribution >= 0.6 is 0 Å². The molecule has 0 saturated heterocycles. The summed E-state index contributed by atoms with van der Waals surface area (Å²) in [4.78, 5) is 42.5. The summed E-state index contributed by atoms with van der Waals surface area (Å²) in [6, 6.07) is 10.9. The molecule has 0 amide bonds. The molecule has 42 heavy (non-hydrogen) atoms. The highest BCUT2D eigenvalue weighted by Gasteiger charge is 2.60. The monoisotopic (exact) mass is 570 g/mol. The molecule has 0 radical (unpaired) electrons. The summed E-state index contributed by atoms with van der Waals surface area (Å²) in [6.07, 6.45) is 1.64. The fourth-order valence-electron chi connectivity index (χ4n) is 5.75. The molecule has 0 aliphatic heterocycles. The molecule has 1 aliphatic rings. The Morgan fingerprint density at radius 3 is 1.33 bits per heavy atom. The molecule has 6 nitrogen and oxygen atoms in total. The Hall–Kier alpha value is -3.93. The van der Waals surface area contributed by atoms with Crippen LogP contribution in [0.2, 0.25) is 0 Å². The van der Waals surface area contributed by atoms with E-state index in [-0.39, 0.29) is 6.42 Å². The minimum absolute atomic E-state index is 0.115. The van der Waals surface area contributed by atoms with Gasteiger partial charge in [-0.2, -0.15) is 0 Å². The number of carbonyl (C=O) groups excluding carboxylic acids is 3. The van der Waals surface area contributed by atoms with Gasteiger partial charge in [0.1, 0.15) is 17.2 Å². The van der Waals surface area contributed by atoms with E-state index in [9.17, 15) is 14.4 Å². The lowest BCUT2D eigenvalue weighted by Crippen LogP contribution is -2.54. The number of carbonyl (C=O) groups is 3. The van der Waals surface area contributed by atoms with Crippen LogP contribution in [0.4, 0.5) is 0 Å². The SMILES string of the molecule is Cc1ccc(OC(=O)C2CCCCC2(C(=O)Oc2ccc(C)c(C)c2C)C(=O)Oc2ccc(C)c(C)c2C)c(C)c1C. The molecule has 6 heteroatoms. The van der Waals surface area contributed by atoms with Gasteiger partial charge < -0.3 is 14.2 Å². The smallest absolute Gasteiger partial charge is 0.329 e. The van der Waals surface area contributed by atoms with Crippen LogP contribution in [-0.2, 0) is 14.4 Å². The average molecular weight is 571 g/mol. The third kappa shape index (κ3) is 5.59. The van der Waals surface area contributed by atoms with E-state index < -0.39 is 29.2 Å². The van der Waals surface area contributed by atoms with Gasteiger partial charge in [0.2, 0.25) is 0 Å². The van der Waals surface area contributed by atoms with Crippen LogP contribution in [0, 0.1) is 73.6 Å². The summed E-state index contributed by atoms with van der Waals surface area (Å²) in [7, 11) is 0. The second kappa shape index (κ2) is 12.1. The van der Waals surface area contributed by atoms with Gasteiger partial charge in [0.05, 0.1) is 5.92 Å². The van der Waals surface area contributed by atoms with Gasteiger partial charge in [0.25, 0.3) is 0 Å². The van der Waals surface area contributed by atoms with Crippen molar-refractivity contribution in [3.63, 3.8) is 0 Å². The normalized spacial score (nSPS) is 16.1. The maximum absolute atomic E-state index is 14.3. The summed E-state index contributed by atoms with van der Waals surface area (Å²) in [5, 5.41) is 0. The number of rotatable bonds is 6. The van der Waals surface area contributed by atoms with Gasteiger partial charge >= 0.3 is 17.9 Å². The topological polar surface area (TPSA) is 78.9 Å². The first kappa shape index (κ1) is 31.0. The standard InChI is InChI=1S/C36H42O6/c1-20-13-16-30(26(7)23(20)4)40-33(37)29-12-10-11-19-36(29,34(38)41-31-17-14-21(2)24(5)27(31)8)35(39)42-32-18-15-22(3)25(6)28(32)9/h13-18,29H,10-12,19H2,1-9H3. The van der Waals surface area contributed by atoms with Gasteiger partial charge in [-0.1, -0.05) is 31.0 Å². The first-order valence-corrected chi connectivity index (χ1v) is 14.7. The lowest BCUT2D eigenvalue weighted by Gasteiger charge is -2.38. The molecule has 1 aliphatic carbocycles. The zero-order valence-corrected chi connectivity index (χ0v) is 26.3. The van der Waals surface area contributed by atoms with E-state index in [0.717, 1.165) is 50.1 Å². The highest BCUT2D eigenvalue weighted by molar-refractivity contribution is 6.06. The molecule has 1 saturated carbocycles. The third-order valence-corrected chi connectivity index (χ3v) is 9.56. The predicted molar refractivity (Wildman–Crippen MR) is 163 cm³/mol. The van der Waals surface area contributed by atoms with E-state index in [1.54, 1.807) is 18.2 Å². The molecule has 0 bridgehead atoms. The fraction of sp³-hybridized carbons (Fsp3) is 0.417. The van der Waals surface area contributed by atoms with Crippen LogP contribution in [0.3, 0.4) is 0 Å². The molecule has 3 aromatic rings. The second-order valence-electron chi connectivity index (χ2n) is 11.9. The molecule has 1 unspecified atom stereocenters. The van der Waals surface area contributed by atoms with Gasteiger partial charge in [-0.3, -0.25) is 14.4 Å². The maximum atomic E-state index is 14.3. The van der Waals surface area contributed by atoms with Gasteiger partial charge in [0.15, 0.2) is 5.41 Å². The van der Waals surface area contributed by atoms with Gasteiger partial charge in [-0.25, -0.2) is 0 Å². The maximum Gasteiger partial charge on any atom is 0.329 e. The van der Waals surface area contributed by atoms with E-state index in [4.69, 9.17) is 14.2 Å². The molecular weight excluding hydrogens is 528 g/mol. The van der Waals surface area contributed by atoms with Crippen LogP contribution in [0.1, 0.15) is 75.8 Å². The van der Waals surface area contributed by atoms with E-state index in [1.165, 1.54) is 0 Å². The summed E-state index contributed by atoms with van der Waals surface area (Å²) < 4.78 is 17.9. The van der Waals surface area contributed by atoms with Crippen LogP contribution in [0.5, 0.6) is 17.2 Å². The first-order valence-electron chi connectivity index (χ1n) is 14.7. The van der Waals surface area contributed by atoms with Gasteiger partial charge in [0, 0.05) is 0 Å². The Labute approximate surface area is 249 Å². The van der Waals surface area contributed by atoms with E-state index in [0.29, 0.717) is 36.5 Å². The summed E-state index contributed by atoms with van der Waals surface area (Å²) in [5.41, 5.74) is 6.79. The Balaban J connectivity index is 1.79. The molecule has 1 fully saturated rings. The van der Waals surface area contributed by atoms with Crippen molar-refractivity contribution in [2.75, 3.05) is 0 Å². The molecule has 1 atom stereocenters. The van der Waals surface area contributed by atoms with Gasteiger partial charge in [-0.15, -0.1) is 0 Å². The molecule has 3 aromatic carbocycles. The summed E-state index contributed by atoms with van der Waals surface area (Å²) in [5.74, 6) is -2.16. The molecule has 0 aromatic heterocycles. The van der Waals surface area contributed by atoms with Gasteiger partial charge in [-0.05, 0) is 143 Å². The average Bonchev–Trinajstić information content (AvgIpc) is 2.97. The zero-order chi connectivity index (χ0) is 30.9. The number of hydrogen-bond acceptors (Lipinski definition) is 6. The minimum Gasteiger partial charge on any atom is -0.426 e. The molecule has 4 rings (SSSR count). The highest BCUT2D eigenvalue weighted by atomic mass is 16.6. The lowest BCUT2D eigenvalue weighted by molar-refractivity contribution is -0.175. The molecule has 222 valence electrons. The van der Waals surface area contributed by atoms with E-state index in [2.05, 4.69) is 0 Å².